The Labute approximate surface area is 177 Å². The standard InChI is InChI=1S/C24H29N3O3/c1-15-4-3-5-19(12-15)26-11-10-25(14-16(26)2)20(28)8-9-27-23(29)21-17-6-7-18(13-17)22(21)24(27)30/h3-7,12,16-18,21-22H,8-11,13-14H2,1-2H3/t16-,17+,18+,21-,22-/m1/s1. The van der Waals surface area contributed by atoms with Crippen molar-refractivity contribution in [2.75, 3.05) is 31.1 Å². The maximum absolute atomic E-state index is 12.8. The van der Waals surface area contributed by atoms with Gasteiger partial charge in [-0.25, -0.2) is 0 Å². The fourth-order valence-electron chi connectivity index (χ4n) is 5.92. The molecule has 2 aliphatic heterocycles. The average molecular weight is 408 g/mol. The van der Waals surface area contributed by atoms with Crippen molar-refractivity contribution in [1.82, 2.24) is 9.80 Å². The van der Waals surface area contributed by atoms with E-state index < -0.39 is 0 Å². The van der Waals surface area contributed by atoms with Crippen LogP contribution < -0.4 is 4.90 Å². The predicted octanol–water partition coefficient (Wildman–Crippen LogP) is 2.23. The molecule has 2 bridgehead atoms. The van der Waals surface area contributed by atoms with Crippen molar-refractivity contribution in [3.8, 4) is 0 Å². The Morgan fingerprint density at radius 3 is 2.40 bits per heavy atom. The summed E-state index contributed by atoms with van der Waals surface area (Å²) in [6.07, 6.45) is 5.35. The molecular formula is C24H29N3O3. The molecule has 30 heavy (non-hydrogen) atoms. The molecule has 0 spiro atoms. The second kappa shape index (κ2) is 7.25. The van der Waals surface area contributed by atoms with Gasteiger partial charge >= 0.3 is 0 Å². The summed E-state index contributed by atoms with van der Waals surface area (Å²) >= 11 is 0. The zero-order chi connectivity index (χ0) is 21.0. The normalized spacial score (nSPS) is 32.3. The van der Waals surface area contributed by atoms with E-state index in [0.717, 1.165) is 13.0 Å². The fraction of sp³-hybridized carbons (Fsp3) is 0.542. The van der Waals surface area contributed by atoms with Crippen molar-refractivity contribution < 1.29 is 14.4 Å². The Hall–Kier alpha value is -2.63. The van der Waals surface area contributed by atoms with Crippen LogP contribution in [-0.2, 0) is 14.4 Å². The second-order valence-electron chi connectivity index (χ2n) is 9.30. The number of piperazine rings is 1. The zero-order valence-corrected chi connectivity index (χ0v) is 17.7. The highest BCUT2D eigenvalue weighted by molar-refractivity contribution is 6.06. The first-order valence-electron chi connectivity index (χ1n) is 11.1. The van der Waals surface area contributed by atoms with Gasteiger partial charge < -0.3 is 9.80 Å². The smallest absolute Gasteiger partial charge is 0.233 e. The number of carbonyl (C=O) groups excluding carboxylic acids is 3. The van der Waals surface area contributed by atoms with Gasteiger partial charge in [-0.3, -0.25) is 19.3 Å². The first kappa shape index (κ1) is 19.3. The summed E-state index contributed by atoms with van der Waals surface area (Å²) in [5.41, 5.74) is 2.42. The van der Waals surface area contributed by atoms with Crippen molar-refractivity contribution >= 4 is 23.4 Å². The van der Waals surface area contributed by atoms with E-state index in [1.54, 1.807) is 0 Å². The Bertz CT molecular complexity index is 896. The van der Waals surface area contributed by atoms with Gasteiger partial charge in [0.05, 0.1) is 11.8 Å². The first-order chi connectivity index (χ1) is 14.4. The van der Waals surface area contributed by atoms with Gasteiger partial charge in [0.15, 0.2) is 0 Å². The van der Waals surface area contributed by atoms with Gasteiger partial charge in [0.2, 0.25) is 17.7 Å². The SMILES string of the molecule is Cc1cccc(N2CCN(C(=O)CCN3C(=O)[C@H]4[C@H](C3=O)[C@H]3C=C[C@H]4C3)C[C@H]2C)c1. The Balaban J connectivity index is 1.17. The molecule has 3 fully saturated rings. The van der Waals surface area contributed by atoms with Crippen LogP contribution in [0.2, 0.25) is 0 Å². The summed E-state index contributed by atoms with van der Waals surface area (Å²) < 4.78 is 0. The van der Waals surface area contributed by atoms with Gasteiger partial charge in [0.25, 0.3) is 0 Å². The molecule has 0 radical (unpaired) electrons. The molecule has 2 saturated heterocycles. The van der Waals surface area contributed by atoms with E-state index in [1.165, 1.54) is 16.2 Å². The Morgan fingerprint density at radius 1 is 1.07 bits per heavy atom. The summed E-state index contributed by atoms with van der Waals surface area (Å²) in [4.78, 5) is 44.0. The van der Waals surface area contributed by atoms with Crippen molar-refractivity contribution in [1.29, 1.82) is 0 Å². The maximum atomic E-state index is 12.8. The van der Waals surface area contributed by atoms with Gasteiger partial charge in [-0.15, -0.1) is 0 Å². The van der Waals surface area contributed by atoms with Crippen LogP contribution in [0.25, 0.3) is 0 Å². The van der Waals surface area contributed by atoms with Crippen molar-refractivity contribution in [2.24, 2.45) is 23.7 Å². The number of nitrogens with zero attached hydrogens (tertiary/aromatic N) is 3. The maximum Gasteiger partial charge on any atom is 0.233 e. The molecule has 0 unspecified atom stereocenters. The number of amides is 3. The van der Waals surface area contributed by atoms with E-state index in [9.17, 15) is 14.4 Å². The highest BCUT2D eigenvalue weighted by atomic mass is 16.2. The lowest BCUT2D eigenvalue weighted by Crippen LogP contribution is -2.54. The van der Waals surface area contributed by atoms with Gasteiger partial charge in [-0.05, 0) is 49.8 Å². The third-order valence-electron chi connectivity index (χ3n) is 7.42. The van der Waals surface area contributed by atoms with Crippen molar-refractivity contribution in [3.05, 3.63) is 42.0 Å². The molecule has 3 amide bonds. The topological polar surface area (TPSA) is 60.9 Å². The summed E-state index contributed by atoms with van der Waals surface area (Å²) in [5.74, 6) is -0.0227. The van der Waals surface area contributed by atoms with Crippen molar-refractivity contribution in [2.45, 2.75) is 32.7 Å². The van der Waals surface area contributed by atoms with E-state index in [0.29, 0.717) is 13.1 Å². The Kier molecular flexibility index (Phi) is 4.68. The molecule has 2 heterocycles. The minimum absolute atomic E-state index is 0.0319. The molecule has 1 aromatic rings. The van der Waals surface area contributed by atoms with Crippen LogP contribution in [0.15, 0.2) is 36.4 Å². The van der Waals surface area contributed by atoms with Crippen LogP contribution in [0.3, 0.4) is 0 Å². The molecule has 5 rings (SSSR count). The lowest BCUT2D eigenvalue weighted by molar-refractivity contribution is -0.141. The van der Waals surface area contributed by atoms with Crippen LogP contribution in [0.4, 0.5) is 5.69 Å². The van der Waals surface area contributed by atoms with E-state index in [-0.39, 0.29) is 60.4 Å². The molecular weight excluding hydrogens is 378 g/mol. The summed E-state index contributed by atoms with van der Waals surface area (Å²) in [5, 5.41) is 0. The van der Waals surface area contributed by atoms with E-state index in [1.807, 2.05) is 4.90 Å². The fourth-order valence-corrected chi connectivity index (χ4v) is 5.92. The van der Waals surface area contributed by atoms with Crippen LogP contribution in [-0.4, -0.2) is 59.7 Å². The molecule has 2 aliphatic carbocycles. The number of aryl methyl sites for hydroxylation is 1. The van der Waals surface area contributed by atoms with Crippen molar-refractivity contribution in [3.63, 3.8) is 0 Å². The zero-order valence-electron chi connectivity index (χ0n) is 17.7. The number of hydrogen-bond acceptors (Lipinski definition) is 4. The highest BCUT2D eigenvalue weighted by Gasteiger charge is 2.59. The number of allylic oxidation sites excluding steroid dienone is 2. The number of rotatable bonds is 4. The molecule has 0 aromatic heterocycles. The number of fused-ring (bicyclic) bond motifs is 5. The number of hydrogen-bond donors (Lipinski definition) is 0. The molecule has 4 aliphatic rings. The van der Waals surface area contributed by atoms with Gasteiger partial charge in [0, 0.05) is 44.3 Å². The Morgan fingerprint density at radius 2 is 1.77 bits per heavy atom. The number of benzene rings is 1. The van der Waals surface area contributed by atoms with Crippen LogP contribution in [0.5, 0.6) is 0 Å². The monoisotopic (exact) mass is 407 g/mol. The third-order valence-corrected chi connectivity index (χ3v) is 7.42. The summed E-state index contributed by atoms with van der Waals surface area (Å²) in [6.45, 7) is 6.56. The minimum Gasteiger partial charge on any atom is -0.365 e. The molecule has 1 saturated carbocycles. The molecule has 0 N–H and O–H groups in total. The largest absolute Gasteiger partial charge is 0.365 e. The number of imide groups is 1. The number of anilines is 1. The van der Waals surface area contributed by atoms with Gasteiger partial charge in [-0.1, -0.05) is 24.3 Å². The van der Waals surface area contributed by atoms with E-state index >= 15 is 0 Å². The highest BCUT2D eigenvalue weighted by Crippen LogP contribution is 2.52. The molecule has 1 aromatic carbocycles. The molecule has 6 nitrogen and oxygen atoms in total. The van der Waals surface area contributed by atoms with Gasteiger partial charge in [-0.2, -0.15) is 0 Å². The lowest BCUT2D eigenvalue weighted by Gasteiger charge is -2.41. The first-order valence-corrected chi connectivity index (χ1v) is 11.1. The third kappa shape index (κ3) is 3.04. The van der Waals surface area contributed by atoms with Crippen LogP contribution >= 0.6 is 0 Å². The predicted molar refractivity (Wildman–Crippen MR) is 114 cm³/mol. The average Bonchev–Trinajstić information content (AvgIpc) is 3.40. The minimum atomic E-state index is -0.180. The quantitative estimate of drug-likeness (QED) is 0.567. The van der Waals surface area contributed by atoms with E-state index in [4.69, 9.17) is 0 Å². The summed E-state index contributed by atoms with van der Waals surface area (Å²) in [7, 11) is 0. The lowest BCUT2D eigenvalue weighted by atomic mass is 9.85. The molecule has 6 heteroatoms. The number of carbonyl (C=O) groups is 3. The second-order valence-corrected chi connectivity index (χ2v) is 9.30. The summed E-state index contributed by atoms with van der Waals surface area (Å²) in [6, 6.07) is 8.67. The van der Waals surface area contributed by atoms with Gasteiger partial charge in [0.1, 0.15) is 0 Å². The van der Waals surface area contributed by atoms with Crippen LogP contribution in [0, 0.1) is 30.6 Å². The van der Waals surface area contributed by atoms with E-state index in [2.05, 4.69) is 55.2 Å². The number of likely N-dealkylation sites (tertiary alicyclic amines) is 1. The molecule has 158 valence electrons. The van der Waals surface area contributed by atoms with Crippen LogP contribution in [0.1, 0.15) is 25.3 Å². The molecule has 5 atom stereocenters.